The lowest BCUT2D eigenvalue weighted by Crippen LogP contribution is -2.33. The molecule has 0 bridgehead atoms. The third-order valence-electron chi connectivity index (χ3n) is 4.13. The lowest BCUT2D eigenvalue weighted by molar-refractivity contribution is 0.0525. The van der Waals surface area contributed by atoms with Crippen molar-refractivity contribution in [2.24, 2.45) is 4.99 Å². The quantitative estimate of drug-likeness (QED) is 0.568. The zero-order chi connectivity index (χ0) is 21.5. The molecule has 0 aliphatic rings. The van der Waals surface area contributed by atoms with Gasteiger partial charge in [0.05, 0.1) is 31.5 Å². The molecule has 0 saturated heterocycles. The van der Waals surface area contributed by atoms with Gasteiger partial charge in [-0.25, -0.2) is 14.6 Å². The highest BCUT2D eigenvalue weighted by Crippen LogP contribution is 2.14. The molecule has 0 spiro atoms. The highest BCUT2D eigenvalue weighted by atomic mass is 32.1. The maximum absolute atomic E-state index is 12.7. The van der Waals surface area contributed by atoms with Crippen LogP contribution in [0.2, 0.25) is 0 Å². The number of carbonyl (C=O) groups is 2. The van der Waals surface area contributed by atoms with Gasteiger partial charge in [-0.1, -0.05) is 41.7 Å². The molecule has 0 radical (unpaired) electrons. The SMILES string of the molecule is CCOC(=O)c1ccc(N=c2sc(C(=O)OC)cc(=O)n2Cc2ccccc2)cc1. The molecule has 1 aromatic heterocycles. The van der Waals surface area contributed by atoms with Crippen molar-refractivity contribution in [3.05, 3.63) is 91.8 Å². The third-order valence-corrected chi connectivity index (χ3v) is 5.12. The van der Waals surface area contributed by atoms with E-state index in [1.165, 1.54) is 17.7 Å². The maximum Gasteiger partial charge on any atom is 0.348 e. The Kier molecular flexibility index (Phi) is 6.92. The second kappa shape index (κ2) is 9.80. The summed E-state index contributed by atoms with van der Waals surface area (Å²) in [6.07, 6.45) is 0. The highest BCUT2D eigenvalue weighted by molar-refractivity contribution is 7.11. The van der Waals surface area contributed by atoms with Gasteiger partial charge in [0.15, 0.2) is 4.80 Å². The summed E-state index contributed by atoms with van der Waals surface area (Å²) in [5.74, 6) is -1.02. The lowest BCUT2D eigenvalue weighted by atomic mass is 10.2. The van der Waals surface area contributed by atoms with Crippen LogP contribution in [0.15, 0.2) is 70.5 Å². The number of carbonyl (C=O) groups excluding carboxylic acids is 2. The predicted molar refractivity (Wildman–Crippen MR) is 113 cm³/mol. The second-order valence-electron chi connectivity index (χ2n) is 6.17. The number of ether oxygens (including phenoxy) is 2. The molecule has 1 heterocycles. The number of rotatable bonds is 6. The topological polar surface area (TPSA) is 87.0 Å². The van der Waals surface area contributed by atoms with E-state index in [-0.39, 0.29) is 10.4 Å². The van der Waals surface area contributed by atoms with Crippen LogP contribution in [0.25, 0.3) is 0 Å². The first-order chi connectivity index (χ1) is 14.5. The number of benzene rings is 2. The number of hydrogen-bond donors (Lipinski definition) is 0. The first-order valence-electron chi connectivity index (χ1n) is 9.21. The molecule has 0 aliphatic heterocycles. The molecule has 0 fully saturated rings. The summed E-state index contributed by atoms with van der Waals surface area (Å²) in [6.45, 7) is 2.33. The van der Waals surface area contributed by atoms with Crippen molar-refractivity contribution in [1.82, 2.24) is 4.57 Å². The Hall–Kier alpha value is -3.52. The average Bonchev–Trinajstić information content (AvgIpc) is 2.76. The second-order valence-corrected chi connectivity index (χ2v) is 7.18. The number of methoxy groups -OCH3 is 1. The maximum atomic E-state index is 12.7. The van der Waals surface area contributed by atoms with E-state index < -0.39 is 11.9 Å². The van der Waals surface area contributed by atoms with Gasteiger partial charge in [0.1, 0.15) is 4.88 Å². The van der Waals surface area contributed by atoms with E-state index in [0.29, 0.717) is 29.2 Å². The molecule has 0 amide bonds. The summed E-state index contributed by atoms with van der Waals surface area (Å²) >= 11 is 1.06. The third kappa shape index (κ3) is 5.09. The van der Waals surface area contributed by atoms with Crippen molar-refractivity contribution in [3.8, 4) is 0 Å². The largest absolute Gasteiger partial charge is 0.465 e. The summed E-state index contributed by atoms with van der Waals surface area (Å²) in [7, 11) is 1.26. The molecule has 0 atom stereocenters. The molecule has 8 heteroatoms. The predicted octanol–water partition coefficient (Wildman–Crippen LogP) is 3.15. The molecule has 2 aromatic carbocycles. The number of hydrogen-bond acceptors (Lipinski definition) is 7. The van der Waals surface area contributed by atoms with Crippen molar-refractivity contribution in [2.75, 3.05) is 13.7 Å². The Bertz CT molecular complexity index is 1160. The molecule has 30 heavy (non-hydrogen) atoms. The smallest absolute Gasteiger partial charge is 0.348 e. The zero-order valence-corrected chi connectivity index (χ0v) is 17.3. The Labute approximate surface area is 176 Å². The fraction of sp³-hybridized carbons (Fsp3) is 0.182. The van der Waals surface area contributed by atoms with Crippen molar-refractivity contribution in [3.63, 3.8) is 0 Å². The van der Waals surface area contributed by atoms with Gasteiger partial charge in [-0.15, -0.1) is 0 Å². The van der Waals surface area contributed by atoms with Crippen LogP contribution in [-0.2, 0) is 16.0 Å². The minimum absolute atomic E-state index is 0.161. The molecular weight excluding hydrogens is 404 g/mol. The molecule has 0 unspecified atom stereocenters. The van der Waals surface area contributed by atoms with Crippen molar-refractivity contribution < 1.29 is 19.1 Å². The molecule has 3 aromatic rings. The number of nitrogens with zero attached hydrogens (tertiary/aromatic N) is 2. The van der Waals surface area contributed by atoms with Crippen LogP contribution in [-0.4, -0.2) is 30.2 Å². The fourth-order valence-electron chi connectivity index (χ4n) is 2.66. The molecule has 0 N–H and O–H groups in total. The molecule has 0 aliphatic carbocycles. The lowest BCUT2D eigenvalue weighted by Gasteiger charge is -2.08. The van der Waals surface area contributed by atoms with Crippen LogP contribution < -0.4 is 10.4 Å². The van der Waals surface area contributed by atoms with Crippen LogP contribution in [0.1, 0.15) is 32.5 Å². The van der Waals surface area contributed by atoms with E-state index >= 15 is 0 Å². The standard InChI is InChI=1S/C22H20N2O5S/c1-3-29-20(26)16-9-11-17(12-10-16)23-22-24(14-15-7-5-4-6-8-15)19(25)13-18(30-22)21(27)28-2/h4-13H,3,14H2,1-2H3. The van der Waals surface area contributed by atoms with Gasteiger partial charge in [0, 0.05) is 6.07 Å². The Morgan fingerprint density at radius 2 is 1.73 bits per heavy atom. The van der Waals surface area contributed by atoms with E-state index in [9.17, 15) is 14.4 Å². The van der Waals surface area contributed by atoms with Crippen LogP contribution in [0, 0.1) is 0 Å². The van der Waals surface area contributed by atoms with Crippen molar-refractivity contribution >= 4 is 29.0 Å². The van der Waals surface area contributed by atoms with E-state index in [2.05, 4.69) is 4.99 Å². The van der Waals surface area contributed by atoms with Gasteiger partial charge in [0.25, 0.3) is 5.56 Å². The number of aromatic nitrogens is 1. The monoisotopic (exact) mass is 424 g/mol. The van der Waals surface area contributed by atoms with Crippen LogP contribution in [0.5, 0.6) is 0 Å². The van der Waals surface area contributed by atoms with E-state index in [0.717, 1.165) is 16.9 Å². The summed E-state index contributed by atoms with van der Waals surface area (Å²) in [5, 5.41) is 0. The molecule has 3 rings (SSSR count). The van der Waals surface area contributed by atoms with Crippen molar-refractivity contribution in [1.29, 1.82) is 0 Å². The summed E-state index contributed by atoms with van der Waals surface area (Å²) in [6, 6.07) is 17.2. The van der Waals surface area contributed by atoms with Gasteiger partial charge in [-0.2, -0.15) is 0 Å². The van der Waals surface area contributed by atoms with Gasteiger partial charge in [0.2, 0.25) is 0 Å². The Morgan fingerprint density at radius 1 is 1.03 bits per heavy atom. The van der Waals surface area contributed by atoms with Gasteiger partial charge >= 0.3 is 11.9 Å². The van der Waals surface area contributed by atoms with Crippen molar-refractivity contribution in [2.45, 2.75) is 13.5 Å². The Morgan fingerprint density at radius 3 is 2.37 bits per heavy atom. The van der Waals surface area contributed by atoms with Gasteiger partial charge in [-0.3, -0.25) is 9.36 Å². The molecule has 154 valence electrons. The summed E-state index contributed by atoms with van der Waals surface area (Å²) in [4.78, 5) is 41.6. The average molecular weight is 424 g/mol. The normalized spacial score (nSPS) is 11.2. The minimum Gasteiger partial charge on any atom is -0.465 e. The van der Waals surface area contributed by atoms with E-state index in [4.69, 9.17) is 9.47 Å². The van der Waals surface area contributed by atoms with Crippen LogP contribution in [0.4, 0.5) is 5.69 Å². The molecular formula is C22H20N2O5S. The van der Waals surface area contributed by atoms with Gasteiger partial charge in [-0.05, 0) is 36.8 Å². The first kappa shape index (κ1) is 21.2. The van der Waals surface area contributed by atoms with Gasteiger partial charge < -0.3 is 9.47 Å². The van der Waals surface area contributed by atoms with Crippen LogP contribution in [0.3, 0.4) is 0 Å². The highest BCUT2D eigenvalue weighted by Gasteiger charge is 2.12. The minimum atomic E-state index is -0.599. The van der Waals surface area contributed by atoms with Crippen LogP contribution >= 0.6 is 11.3 Å². The Balaban J connectivity index is 2.08. The fourth-order valence-corrected chi connectivity index (χ4v) is 3.60. The van der Waals surface area contributed by atoms with E-state index in [1.807, 2.05) is 30.3 Å². The zero-order valence-electron chi connectivity index (χ0n) is 16.5. The summed E-state index contributed by atoms with van der Waals surface area (Å²) < 4.78 is 11.2. The summed E-state index contributed by atoms with van der Waals surface area (Å²) in [5.41, 5.74) is 1.50. The van der Waals surface area contributed by atoms with E-state index in [1.54, 1.807) is 31.2 Å². The molecule has 7 nitrogen and oxygen atoms in total. The first-order valence-corrected chi connectivity index (χ1v) is 10.0. The molecule has 0 saturated carbocycles. The number of esters is 2.